The van der Waals surface area contributed by atoms with E-state index in [4.69, 9.17) is 9.47 Å². The third-order valence-corrected chi connectivity index (χ3v) is 4.42. The lowest BCUT2D eigenvalue weighted by atomic mass is 9.89. The van der Waals surface area contributed by atoms with Crippen LogP contribution in [0.4, 0.5) is 0 Å². The molecule has 1 heterocycles. The average Bonchev–Trinajstić information content (AvgIpc) is 2.96. The average molecular weight is 289 g/mol. The minimum absolute atomic E-state index is 0.0846. The van der Waals surface area contributed by atoms with E-state index in [0.717, 1.165) is 25.8 Å². The van der Waals surface area contributed by atoms with Gasteiger partial charge in [0.1, 0.15) is 6.10 Å². The highest BCUT2D eigenvalue weighted by atomic mass is 16.5. The van der Waals surface area contributed by atoms with Gasteiger partial charge in [0.2, 0.25) is 0 Å². The lowest BCUT2D eigenvalue weighted by Crippen LogP contribution is -2.40. The Labute approximate surface area is 125 Å². The van der Waals surface area contributed by atoms with Crippen LogP contribution in [0, 0.1) is 5.92 Å². The van der Waals surface area contributed by atoms with Crippen molar-refractivity contribution in [1.29, 1.82) is 0 Å². The Morgan fingerprint density at radius 2 is 2.24 bits per heavy atom. The molecule has 0 radical (unpaired) electrons. The van der Waals surface area contributed by atoms with Gasteiger partial charge in [0.25, 0.3) is 0 Å². The van der Waals surface area contributed by atoms with Crippen molar-refractivity contribution < 1.29 is 14.3 Å². The van der Waals surface area contributed by atoms with Gasteiger partial charge < -0.3 is 14.8 Å². The topological polar surface area (TPSA) is 47.6 Å². The van der Waals surface area contributed by atoms with E-state index in [9.17, 15) is 4.79 Å². The van der Waals surface area contributed by atoms with E-state index in [1.54, 1.807) is 0 Å². The number of carbonyl (C=O) groups is 1. The zero-order valence-corrected chi connectivity index (χ0v) is 12.5. The maximum atomic E-state index is 12.5. The summed E-state index contributed by atoms with van der Waals surface area (Å²) >= 11 is 0. The van der Waals surface area contributed by atoms with Crippen molar-refractivity contribution in [3.63, 3.8) is 0 Å². The zero-order valence-electron chi connectivity index (χ0n) is 12.5. The van der Waals surface area contributed by atoms with Gasteiger partial charge in [0, 0.05) is 6.04 Å². The van der Waals surface area contributed by atoms with E-state index >= 15 is 0 Å². The summed E-state index contributed by atoms with van der Waals surface area (Å²) in [7, 11) is 0. The molecule has 3 rings (SSSR count). The van der Waals surface area contributed by atoms with Crippen LogP contribution in [0.2, 0.25) is 0 Å². The van der Waals surface area contributed by atoms with E-state index in [2.05, 4.69) is 23.5 Å². The largest absolute Gasteiger partial charge is 0.457 e. The van der Waals surface area contributed by atoms with E-state index in [1.807, 2.05) is 13.0 Å². The van der Waals surface area contributed by atoms with Crippen LogP contribution < -0.4 is 5.32 Å². The van der Waals surface area contributed by atoms with Crippen molar-refractivity contribution in [3.05, 3.63) is 35.4 Å². The smallest absolute Gasteiger partial charge is 0.313 e. The molecular formula is C17H23NO3. The molecule has 1 aromatic carbocycles. The minimum atomic E-state index is -0.181. The molecule has 3 unspecified atom stereocenters. The number of rotatable bonds is 4. The van der Waals surface area contributed by atoms with Crippen LogP contribution in [0.5, 0.6) is 0 Å². The minimum Gasteiger partial charge on any atom is -0.457 e. The molecule has 2 aliphatic rings. The number of benzene rings is 1. The summed E-state index contributed by atoms with van der Waals surface area (Å²) in [4.78, 5) is 12.5. The summed E-state index contributed by atoms with van der Waals surface area (Å²) in [6, 6.07) is 8.37. The Kier molecular flexibility index (Phi) is 4.56. The SMILES string of the molecule is CCNC1COCC1C(=O)OC1CCCc2ccccc21. The Balaban J connectivity index is 1.68. The number of nitrogens with one attached hydrogen (secondary N) is 1. The van der Waals surface area contributed by atoms with Crippen LogP contribution >= 0.6 is 0 Å². The van der Waals surface area contributed by atoms with E-state index in [1.165, 1.54) is 11.1 Å². The molecule has 0 amide bonds. The van der Waals surface area contributed by atoms with Gasteiger partial charge in [-0.2, -0.15) is 0 Å². The van der Waals surface area contributed by atoms with Gasteiger partial charge in [-0.05, 0) is 36.9 Å². The number of esters is 1. The molecule has 1 aliphatic carbocycles. The first-order valence-corrected chi connectivity index (χ1v) is 7.89. The highest BCUT2D eigenvalue weighted by molar-refractivity contribution is 5.74. The summed E-state index contributed by atoms with van der Waals surface area (Å²) in [5.74, 6) is -0.306. The lowest BCUT2D eigenvalue weighted by Gasteiger charge is -2.27. The highest BCUT2D eigenvalue weighted by Crippen LogP contribution is 2.33. The van der Waals surface area contributed by atoms with Crippen LogP contribution in [-0.2, 0) is 20.7 Å². The molecule has 21 heavy (non-hydrogen) atoms. The second kappa shape index (κ2) is 6.58. The van der Waals surface area contributed by atoms with Gasteiger partial charge >= 0.3 is 5.97 Å². The molecular weight excluding hydrogens is 266 g/mol. The molecule has 1 saturated heterocycles. The third-order valence-electron chi connectivity index (χ3n) is 4.42. The summed E-state index contributed by atoms with van der Waals surface area (Å²) < 4.78 is 11.3. The maximum absolute atomic E-state index is 12.5. The molecule has 3 atom stereocenters. The first kappa shape index (κ1) is 14.5. The van der Waals surface area contributed by atoms with Gasteiger partial charge in [0.05, 0.1) is 19.1 Å². The quantitative estimate of drug-likeness (QED) is 0.864. The second-order valence-corrected chi connectivity index (χ2v) is 5.82. The van der Waals surface area contributed by atoms with E-state index in [-0.39, 0.29) is 24.0 Å². The number of likely N-dealkylation sites (N-methyl/N-ethyl adjacent to an activating group) is 1. The standard InChI is InChI=1S/C17H23NO3/c1-2-18-15-11-20-10-14(15)17(19)21-16-9-5-7-12-6-3-4-8-13(12)16/h3-4,6,8,14-16,18H,2,5,7,9-11H2,1H3. The van der Waals surface area contributed by atoms with Crippen LogP contribution in [0.3, 0.4) is 0 Å². The van der Waals surface area contributed by atoms with E-state index < -0.39 is 0 Å². The molecule has 4 heteroatoms. The Morgan fingerprint density at radius 3 is 3.10 bits per heavy atom. The predicted octanol–water partition coefficient (Wildman–Crippen LogP) is 2.23. The Hall–Kier alpha value is -1.39. The van der Waals surface area contributed by atoms with Crippen molar-refractivity contribution in [1.82, 2.24) is 5.32 Å². The van der Waals surface area contributed by atoms with Gasteiger partial charge in [-0.1, -0.05) is 31.2 Å². The van der Waals surface area contributed by atoms with Crippen LogP contribution in [0.25, 0.3) is 0 Å². The van der Waals surface area contributed by atoms with E-state index in [0.29, 0.717) is 13.2 Å². The molecule has 0 bridgehead atoms. The Morgan fingerprint density at radius 1 is 1.38 bits per heavy atom. The van der Waals surface area contributed by atoms with Gasteiger partial charge in [-0.3, -0.25) is 4.79 Å². The number of ether oxygens (including phenoxy) is 2. The summed E-state index contributed by atoms with van der Waals surface area (Å²) in [6.07, 6.45) is 2.98. The fourth-order valence-electron chi connectivity index (χ4n) is 3.31. The summed E-state index contributed by atoms with van der Waals surface area (Å²) in [5.41, 5.74) is 2.49. The molecule has 0 aromatic heterocycles. The zero-order chi connectivity index (χ0) is 14.7. The van der Waals surface area contributed by atoms with Gasteiger partial charge in [-0.25, -0.2) is 0 Å². The fraction of sp³-hybridized carbons (Fsp3) is 0.588. The number of hydrogen-bond acceptors (Lipinski definition) is 4. The van der Waals surface area contributed by atoms with Crippen molar-refractivity contribution in [2.45, 2.75) is 38.3 Å². The third kappa shape index (κ3) is 3.11. The molecule has 1 aliphatic heterocycles. The predicted molar refractivity (Wildman–Crippen MR) is 80.0 cm³/mol. The number of carbonyl (C=O) groups excluding carboxylic acids is 1. The summed E-state index contributed by atoms with van der Waals surface area (Å²) in [5, 5.41) is 3.31. The molecule has 0 saturated carbocycles. The number of hydrogen-bond donors (Lipinski definition) is 1. The van der Waals surface area contributed by atoms with Gasteiger partial charge in [-0.15, -0.1) is 0 Å². The van der Waals surface area contributed by atoms with Crippen molar-refractivity contribution in [2.24, 2.45) is 5.92 Å². The van der Waals surface area contributed by atoms with Crippen molar-refractivity contribution in [2.75, 3.05) is 19.8 Å². The molecule has 1 aromatic rings. The Bertz CT molecular complexity index is 503. The lowest BCUT2D eigenvalue weighted by molar-refractivity contribution is -0.155. The molecule has 0 spiro atoms. The molecule has 114 valence electrons. The summed E-state index contributed by atoms with van der Waals surface area (Å²) in [6.45, 7) is 3.93. The number of fused-ring (bicyclic) bond motifs is 1. The van der Waals surface area contributed by atoms with Crippen LogP contribution in [-0.4, -0.2) is 31.8 Å². The van der Waals surface area contributed by atoms with Gasteiger partial charge in [0.15, 0.2) is 0 Å². The molecule has 1 fully saturated rings. The fourth-order valence-corrected chi connectivity index (χ4v) is 3.31. The highest BCUT2D eigenvalue weighted by Gasteiger charge is 2.36. The number of aryl methyl sites for hydroxylation is 1. The molecule has 4 nitrogen and oxygen atoms in total. The first-order valence-electron chi connectivity index (χ1n) is 7.89. The second-order valence-electron chi connectivity index (χ2n) is 5.82. The first-order chi connectivity index (χ1) is 10.3. The monoisotopic (exact) mass is 289 g/mol. The maximum Gasteiger partial charge on any atom is 0.313 e. The normalized spacial score (nSPS) is 28.1. The van der Waals surface area contributed by atoms with Crippen LogP contribution in [0.15, 0.2) is 24.3 Å². The van der Waals surface area contributed by atoms with Crippen molar-refractivity contribution in [3.8, 4) is 0 Å². The van der Waals surface area contributed by atoms with Crippen LogP contribution in [0.1, 0.15) is 37.0 Å². The van der Waals surface area contributed by atoms with Crippen molar-refractivity contribution >= 4 is 5.97 Å². The molecule has 1 N–H and O–H groups in total.